The van der Waals surface area contributed by atoms with Gasteiger partial charge in [0.25, 0.3) is 5.91 Å². The van der Waals surface area contributed by atoms with Crippen LogP contribution in [0.25, 0.3) is 10.8 Å². The van der Waals surface area contributed by atoms with Crippen LogP contribution < -0.4 is 25.0 Å². The highest BCUT2D eigenvalue weighted by Gasteiger charge is 2.25. The Bertz CT molecular complexity index is 2580. The molecule has 5 aromatic rings. The number of hydrogen-bond donors (Lipinski definition) is 4. The topological polar surface area (TPSA) is 224 Å². The summed E-state index contributed by atoms with van der Waals surface area (Å²) in [5, 5.41) is 39.4. The number of ether oxygens (including phenoxy) is 3. The lowest BCUT2D eigenvalue weighted by molar-refractivity contribution is -0.144. The van der Waals surface area contributed by atoms with E-state index >= 15 is 0 Å². The fourth-order valence-corrected chi connectivity index (χ4v) is 8.46. The molecule has 0 saturated carbocycles. The van der Waals surface area contributed by atoms with Gasteiger partial charge < -0.3 is 35.1 Å². The zero-order chi connectivity index (χ0) is 50.6. The number of benzene rings is 4. The van der Waals surface area contributed by atoms with E-state index in [9.17, 15) is 34.2 Å². The Morgan fingerprint density at radius 1 is 0.786 bits per heavy atom. The Hall–Kier alpha value is -6.69. The quantitative estimate of drug-likeness (QED) is 0.0218. The summed E-state index contributed by atoms with van der Waals surface area (Å²) in [5.74, 6) is -2.33. The van der Waals surface area contributed by atoms with E-state index in [1.165, 1.54) is 72.7 Å². The maximum Gasteiger partial charge on any atom is 0.419 e. The lowest BCUT2D eigenvalue weighted by atomic mass is 9.87. The van der Waals surface area contributed by atoms with Crippen molar-refractivity contribution in [3.8, 4) is 17.2 Å². The molecule has 3 amide bonds. The number of carboxylic acid groups (broad SMARTS) is 1. The van der Waals surface area contributed by atoms with Crippen molar-refractivity contribution in [2.45, 2.75) is 141 Å². The van der Waals surface area contributed by atoms with E-state index in [0.717, 1.165) is 31.2 Å². The van der Waals surface area contributed by atoms with Gasteiger partial charge >= 0.3 is 18.0 Å². The summed E-state index contributed by atoms with van der Waals surface area (Å²) in [6.07, 6.45) is 9.95. The maximum atomic E-state index is 14.6. The van der Waals surface area contributed by atoms with Crippen LogP contribution in [0.3, 0.4) is 0 Å². The first-order valence-electron chi connectivity index (χ1n) is 24.1. The van der Waals surface area contributed by atoms with E-state index in [-0.39, 0.29) is 60.0 Å². The smallest absolute Gasteiger partial charge is 0.419 e. The number of tetrazole rings is 1. The van der Waals surface area contributed by atoms with E-state index in [0.29, 0.717) is 51.5 Å². The second-order valence-corrected chi connectivity index (χ2v) is 19.0. The number of nitrogens with one attached hydrogen (secondary N) is 2. The molecule has 4 N–H and O–H groups in total. The molecule has 0 aliphatic carbocycles. The van der Waals surface area contributed by atoms with Gasteiger partial charge in [-0.05, 0) is 76.2 Å². The van der Waals surface area contributed by atoms with Gasteiger partial charge in [-0.1, -0.05) is 134 Å². The van der Waals surface area contributed by atoms with Gasteiger partial charge in [0.2, 0.25) is 11.1 Å². The van der Waals surface area contributed by atoms with E-state index in [4.69, 9.17) is 14.2 Å². The molecule has 0 aliphatic rings. The van der Waals surface area contributed by atoms with Crippen molar-refractivity contribution in [2.24, 2.45) is 0 Å². The summed E-state index contributed by atoms with van der Waals surface area (Å²) < 4.78 is 18.2. The number of aliphatic carboxylic acids is 1. The van der Waals surface area contributed by atoms with Crippen molar-refractivity contribution in [3.05, 3.63) is 83.4 Å². The molecule has 0 aliphatic heterocycles. The Kier molecular flexibility index (Phi) is 20.8. The molecule has 376 valence electrons. The van der Waals surface area contributed by atoms with Gasteiger partial charge in [0.15, 0.2) is 5.75 Å². The molecule has 18 heteroatoms. The zero-order valence-electron chi connectivity index (χ0n) is 41.2. The van der Waals surface area contributed by atoms with Gasteiger partial charge in [-0.25, -0.2) is 9.48 Å². The largest absolute Gasteiger partial charge is 0.506 e. The zero-order valence-corrected chi connectivity index (χ0v) is 42.0. The van der Waals surface area contributed by atoms with Crippen LogP contribution >= 0.6 is 11.8 Å². The normalized spacial score (nSPS) is 11.3. The number of hydrogen-bond acceptors (Lipinski definition) is 13. The summed E-state index contributed by atoms with van der Waals surface area (Å²) in [6, 6.07) is 18.8. The number of amides is 3. The van der Waals surface area contributed by atoms with Gasteiger partial charge in [0.1, 0.15) is 18.0 Å². The van der Waals surface area contributed by atoms with Crippen molar-refractivity contribution < 1.29 is 48.4 Å². The van der Waals surface area contributed by atoms with Crippen molar-refractivity contribution in [1.82, 2.24) is 20.2 Å². The number of thioether (sulfide) groups is 1. The van der Waals surface area contributed by atoms with E-state index in [2.05, 4.69) is 53.9 Å². The standard InChI is InChI=1S/C52H67N7O10S/c1-7-9-10-11-12-13-14-15-16-17-29-58(42-20-18-19-38-37(42)23-24-39(48(38)64)49(65)54-41-32-36(52(3,4)5)22-26-43(41)67-6)51(66)69-44-25-21-35(31-40(44)53-45(60)27-28-46(61)62)34-70-50-55-56-57-59(50)33-47(63)68-30-8-2/h18-26,31-32,64H,7-17,27-30,33-34H2,1-6H3,(H,53,60)(H,54,65)(H,61,62). The minimum absolute atomic E-state index is 0.00648. The van der Waals surface area contributed by atoms with Gasteiger partial charge in [0, 0.05) is 29.5 Å². The minimum atomic E-state index is -1.15. The number of carbonyl (C=O) groups is 5. The number of esters is 1. The molecule has 1 heterocycles. The van der Waals surface area contributed by atoms with Crippen molar-refractivity contribution in [1.29, 1.82) is 0 Å². The number of anilines is 3. The molecular formula is C52H67N7O10S. The molecule has 1 aromatic heterocycles. The second-order valence-electron chi connectivity index (χ2n) is 18.1. The van der Waals surface area contributed by atoms with Crippen LogP contribution in [0.1, 0.15) is 140 Å². The van der Waals surface area contributed by atoms with Crippen molar-refractivity contribution in [3.63, 3.8) is 0 Å². The summed E-state index contributed by atoms with van der Waals surface area (Å²) in [6.45, 7) is 10.6. The fraction of sp³-hybridized carbons (Fsp3) is 0.462. The molecule has 0 atom stereocenters. The number of fused-ring (bicyclic) bond motifs is 1. The third kappa shape index (κ3) is 15.9. The molecule has 0 spiro atoms. The minimum Gasteiger partial charge on any atom is -0.506 e. The Balaban J connectivity index is 1.43. The lowest BCUT2D eigenvalue weighted by Crippen LogP contribution is -2.35. The summed E-state index contributed by atoms with van der Waals surface area (Å²) >= 11 is 1.23. The number of carboxylic acids is 1. The highest BCUT2D eigenvalue weighted by Crippen LogP contribution is 2.38. The van der Waals surface area contributed by atoms with Gasteiger partial charge in [-0.3, -0.25) is 24.1 Å². The van der Waals surface area contributed by atoms with Crippen LogP contribution in [-0.4, -0.2) is 80.5 Å². The van der Waals surface area contributed by atoms with Crippen molar-refractivity contribution in [2.75, 3.05) is 35.8 Å². The number of methoxy groups -OCH3 is 1. The van der Waals surface area contributed by atoms with Crippen LogP contribution in [0.4, 0.5) is 21.9 Å². The van der Waals surface area contributed by atoms with Crippen LogP contribution in [0.5, 0.6) is 17.2 Å². The molecule has 0 bridgehead atoms. The SMILES string of the molecule is CCCCCCCCCCCCN(C(=O)Oc1ccc(CSc2nnnn2CC(=O)OCCC)cc1NC(=O)CCC(=O)O)c1cccc2c(O)c(C(=O)Nc3cc(C(C)(C)C)ccc3OC)ccc12. The number of phenolic OH excluding ortho intramolecular Hbond substituents is 1. The van der Waals surface area contributed by atoms with Crippen LogP contribution in [0.15, 0.2) is 71.9 Å². The Morgan fingerprint density at radius 2 is 1.49 bits per heavy atom. The van der Waals surface area contributed by atoms with E-state index in [1.54, 1.807) is 42.5 Å². The molecule has 4 aromatic carbocycles. The van der Waals surface area contributed by atoms with Crippen molar-refractivity contribution >= 4 is 69.4 Å². The second kappa shape index (κ2) is 26.9. The predicted molar refractivity (Wildman–Crippen MR) is 271 cm³/mol. The molecule has 17 nitrogen and oxygen atoms in total. The lowest BCUT2D eigenvalue weighted by Gasteiger charge is -2.25. The molecule has 0 fully saturated rings. The Morgan fingerprint density at radius 3 is 2.17 bits per heavy atom. The van der Waals surface area contributed by atoms with Gasteiger partial charge in [-0.15, -0.1) is 5.10 Å². The number of aromatic nitrogens is 4. The fourth-order valence-electron chi connectivity index (χ4n) is 7.64. The summed E-state index contributed by atoms with van der Waals surface area (Å²) in [7, 11) is 1.52. The number of nitrogens with zero attached hydrogens (tertiary/aromatic N) is 5. The molecule has 5 rings (SSSR count). The maximum absolute atomic E-state index is 14.6. The van der Waals surface area contributed by atoms with E-state index < -0.39 is 36.3 Å². The summed E-state index contributed by atoms with van der Waals surface area (Å²) in [4.78, 5) is 66.6. The number of unbranched alkanes of at least 4 members (excludes halogenated alkanes) is 9. The van der Waals surface area contributed by atoms with Crippen LogP contribution in [0.2, 0.25) is 0 Å². The summed E-state index contributed by atoms with van der Waals surface area (Å²) in [5.41, 5.74) is 2.45. The first kappa shape index (κ1) is 54.3. The monoisotopic (exact) mass is 981 g/mol. The van der Waals surface area contributed by atoms with Crippen LogP contribution in [0, 0.1) is 0 Å². The molecule has 0 unspecified atom stereocenters. The average Bonchev–Trinajstić information content (AvgIpc) is 3.77. The van der Waals surface area contributed by atoms with Gasteiger partial charge in [-0.2, -0.15) is 0 Å². The number of phenols is 1. The molecule has 70 heavy (non-hydrogen) atoms. The van der Waals surface area contributed by atoms with E-state index in [1.807, 2.05) is 19.1 Å². The molecule has 0 radical (unpaired) electrons. The predicted octanol–water partition coefficient (Wildman–Crippen LogP) is 11.1. The number of rotatable bonds is 27. The van der Waals surface area contributed by atoms with Gasteiger partial charge in [0.05, 0.1) is 42.8 Å². The Labute approximate surface area is 414 Å². The third-order valence-electron chi connectivity index (χ3n) is 11.5. The molecular weight excluding hydrogens is 915 g/mol. The number of aromatic hydroxyl groups is 1. The average molecular weight is 982 g/mol. The highest BCUT2D eigenvalue weighted by molar-refractivity contribution is 7.98. The third-order valence-corrected chi connectivity index (χ3v) is 12.5. The molecule has 0 saturated heterocycles. The number of carbonyl (C=O) groups excluding carboxylic acids is 4. The van der Waals surface area contributed by atoms with Crippen LogP contribution in [-0.2, 0) is 36.8 Å². The first-order chi connectivity index (χ1) is 33.6. The highest BCUT2D eigenvalue weighted by atomic mass is 32.2. The first-order valence-corrected chi connectivity index (χ1v) is 25.0.